The van der Waals surface area contributed by atoms with Crippen molar-refractivity contribution in [3.63, 3.8) is 0 Å². The van der Waals surface area contributed by atoms with Crippen LogP contribution in [0, 0.1) is 12.8 Å². The molecule has 3 amide bonds. The average Bonchev–Trinajstić information content (AvgIpc) is 3.04. The van der Waals surface area contributed by atoms with Crippen LogP contribution in [0.3, 0.4) is 0 Å². The maximum Gasteiger partial charge on any atom is 0.255 e. The first-order valence-electron chi connectivity index (χ1n) is 9.42. The predicted molar refractivity (Wildman–Crippen MR) is 109 cm³/mol. The molecule has 146 valence electrons. The fourth-order valence-corrected chi connectivity index (χ4v) is 3.28. The molecule has 0 aliphatic carbocycles. The average molecular weight is 379 g/mol. The van der Waals surface area contributed by atoms with E-state index in [2.05, 4.69) is 10.6 Å². The molecular weight excluding hydrogens is 354 g/mol. The number of amides is 3. The van der Waals surface area contributed by atoms with Crippen LogP contribution < -0.4 is 10.6 Å². The van der Waals surface area contributed by atoms with E-state index in [1.807, 2.05) is 45.0 Å². The summed E-state index contributed by atoms with van der Waals surface area (Å²) in [7, 11) is 0. The van der Waals surface area contributed by atoms with E-state index < -0.39 is 0 Å². The van der Waals surface area contributed by atoms with Crippen molar-refractivity contribution in [2.75, 3.05) is 17.2 Å². The molecule has 0 bridgehead atoms. The van der Waals surface area contributed by atoms with Crippen LogP contribution in [0.25, 0.3) is 0 Å². The predicted octanol–water partition coefficient (Wildman–Crippen LogP) is 3.44. The summed E-state index contributed by atoms with van der Waals surface area (Å²) < 4.78 is 0. The molecule has 0 aromatic heterocycles. The Morgan fingerprint density at radius 1 is 1.04 bits per heavy atom. The van der Waals surface area contributed by atoms with Crippen LogP contribution in [0.1, 0.15) is 36.2 Å². The molecule has 1 aliphatic rings. The first-order chi connectivity index (χ1) is 13.3. The van der Waals surface area contributed by atoms with E-state index in [0.717, 1.165) is 11.3 Å². The second-order valence-corrected chi connectivity index (χ2v) is 7.43. The highest BCUT2D eigenvalue weighted by molar-refractivity contribution is 6.05. The van der Waals surface area contributed by atoms with E-state index in [4.69, 9.17) is 0 Å². The normalized spacial score (nSPS) is 16.4. The number of nitrogens with one attached hydrogen (secondary N) is 2. The number of rotatable bonds is 5. The van der Waals surface area contributed by atoms with Gasteiger partial charge in [-0.3, -0.25) is 14.4 Å². The topological polar surface area (TPSA) is 78.5 Å². The van der Waals surface area contributed by atoms with Crippen molar-refractivity contribution in [2.45, 2.75) is 33.2 Å². The van der Waals surface area contributed by atoms with Crippen LogP contribution in [0.5, 0.6) is 0 Å². The second kappa shape index (κ2) is 8.25. The Morgan fingerprint density at radius 2 is 1.75 bits per heavy atom. The molecule has 1 fully saturated rings. The van der Waals surface area contributed by atoms with Gasteiger partial charge in [-0.05, 0) is 62.7 Å². The minimum Gasteiger partial charge on any atom is -0.339 e. The van der Waals surface area contributed by atoms with Crippen molar-refractivity contribution < 1.29 is 14.4 Å². The summed E-state index contributed by atoms with van der Waals surface area (Å²) >= 11 is 0. The number of anilines is 2. The van der Waals surface area contributed by atoms with Gasteiger partial charge in [-0.1, -0.05) is 12.1 Å². The summed E-state index contributed by atoms with van der Waals surface area (Å²) in [6.07, 6.45) is 0.237. The molecule has 2 aromatic rings. The van der Waals surface area contributed by atoms with E-state index >= 15 is 0 Å². The van der Waals surface area contributed by atoms with Gasteiger partial charge in [0.15, 0.2) is 0 Å². The molecule has 2 N–H and O–H groups in total. The molecule has 1 unspecified atom stereocenters. The van der Waals surface area contributed by atoms with Crippen LogP contribution in [0.15, 0.2) is 48.5 Å². The molecule has 1 atom stereocenters. The number of benzene rings is 2. The van der Waals surface area contributed by atoms with Crippen molar-refractivity contribution >= 4 is 29.1 Å². The SMILES string of the molecule is Cc1cccc(NC(=O)c2ccc(NC(=O)C3CC(=O)N(C(C)C)C3)cc2)c1. The van der Waals surface area contributed by atoms with E-state index in [1.165, 1.54) is 0 Å². The summed E-state index contributed by atoms with van der Waals surface area (Å²) in [5.41, 5.74) is 2.91. The molecule has 0 radical (unpaired) electrons. The first kappa shape index (κ1) is 19.6. The lowest BCUT2D eigenvalue weighted by molar-refractivity contribution is -0.129. The van der Waals surface area contributed by atoms with Crippen molar-refractivity contribution in [3.05, 3.63) is 59.7 Å². The van der Waals surface area contributed by atoms with Gasteiger partial charge in [0.25, 0.3) is 5.91 Å². The number of carbonyl (C=O) groups excluding carboxylic acids is 3. The van der Waals surface area contributed by atoms with E-state index in [-0.39, 0.29) is 36.1 Å². The Morgan fingerprint density at radius 3 is 2.36 bits per heavy atom. The lowest BCUT2D eigenvalue weighted by atomic mass is 10.1. The Balaban J connectivity index is 1.59. The van der Waals surface area contributed by atoms with Crippen LogP contribution in [-0.4, -0.2) is 35.2 Å². The lowest BCUT2D eigenvalue weighted by Crippen LogP contribution is -2.33. The summed E-state index contributed by atoms with van der Waals surface area (Å²) in [6.45, 7) is 6.29. The van der Waals surface area contributed by atoms with Crippen molar-refractivity contribution in [1.82, 2.24) is 4.90 Å². The van der Waals surface area contributed by atoms with Crippen LogP contribution in [0.4, 0.5) is 11.4 Å². The van der Waals surface area contributed by atoms with Gasteiger partial charge in [-0.25, -0.2) is 0 Å². The molecule has 6 heteroatoms. The third-order valence-corrected chi connectivity index (χ3v) is 4.84. The first-order valence-corrected chi connectivity index (χ1v) is 9.42. The highest BCUT2D eigenvalue weighted by Crippen LogP contribution is 2.22. The molecule has 6 nitrogen and oxygen atoms in total. The minimum absolute atomic E-state index is 0.0123. The number of hydrogen-bond donors (Lipinski definition) is 2. The molecule has 1 heterocycles. The van der Waals surface area contributed by atoms with Gasteiger partial charge in [0.05, 0.1) is 5.92 Å². The fourth-order valence-electron chi connectivity index (χ4n) is 3.28. The zero-order valence-corrected chi connectivity index (χ0v) is 16.4. The van der Waals surface area contributed by atoms with E-state index in [9.17, 15) is 14.4 Å². The zero-order chi connectivity index (χ0) is 20.3. The van der Waals surface area contributed by atoms with Gasteiger partial charge < -0.3 is 15.5 Å². The maximum atomic E-state index is 12.5. The molecule has 2 aromatic carbocycles. The number of hydrogen-bond acceptors (Lipinski definition) is 3. The van der Waals surface area contributed by atoms with Crippen molar-refractivity contribution in [1.29, 1.82) is 0 Å². The van der Waals surface area contributed by atoms with E-state index in [1.54, 1.807) is 29.2 Å². The third kappa shape index (κ3) is 4.57. The quantitative estimate of drug-likeness (QED) is 0.835. The lowest BCUT2D eigenvalue weighted by Gasteiger charge is -2.20. The number of carbonyl (C=O) groups is 3. The molecule has 0 saturated carbocycles. The third-order valence-electron chi connectivity index (χ3n) is 4.84. The standard InChI is InChI=1S/C22H25N3O3/c1-14(2)25-13-17(12-20(25)26)22(28)23-18-9-7-16(8-10-18)21(27)24-19-6-4-5-15(3)11-19/h4-11,14,17H,12-13H2,1-3H3,(H,23,28)(H,24,27). The molecule has 1 aliphatic heterocycles. The molecule has 0 spiro atoms. The van der Waals surface area contributed by atoms with Crippen LogP contribution in [0.2, 0.25) is 0 Å². The molecule has 28 heavy (non-hydrogen) atoms. The van der Waals surface area contributed by atoms with Crippen molar-refractivity contribution in [3.8, 4) is 0 Å². The number of aryl methyl sites for hydroxylation is 1. The Hall–Kier alpha value is -3.15. The Kier molecular flexibility index (Phi) is 5.78. The zero-order valence-electron chi connectivity index (χ0n) is 16.4. The maximum absolute atomic E-state index is 12.5. The Labute approximate surface area is 164 Å². The largest absolute Gasteiger partial charge is 0.339 e. The van der Waals surface area contributed by atoms with Gasteiger partial charge in [-0.15, -0.1) is 0 Å². The fraction of sp³-hybridized carbons (Fsp3) is 0.318. The smallest absolute Gasteiger partial charge is 0.255 e. The minimum atomic E-state index is -0.348. The highest BCUT2D eigenvalue weighted by Gasteiger charge is 2.35. The van der Waals surface area contributed by atoms with Gasteiger partial charge in [0, 0.05) is 35.9 Å². The van der Waals surface area contributed by atoms with E-state index in [0.29, 0.717) is 17.8 Å². The second-order valence-electron chi connectivity index (χ2n) is 7.43. The summed E-state index contributed by atoms with van der Waals surface area (Å²) in [6, 6.07) is 14.4. The summed E-state index contributed by atoms with van der Waals surface area (Å²) in [4.78, 5) is 38.5. The highest BCUT2D eigenvalue weighted by atomic mass is 16.2. The molecule has 3 rings (SSSR count). The van der Waals surface area contributed by atoms with Crippen LogP contribution >= 0.6 is 0 Å². The van der Waals surface area contributed by atoms with Gasteiger partial charge >= 0.3 is 0 Å². The van der Waals surface area contributed by atoms with Gasteiger partial charge in [-0.2, -0.15) is 0 Å². The van der Waals surface area contributed by atoms with Gasteiger partial charge in [0.2, 0.25) is 11.8 Å². The number of nitrogens with zero attached hydrogens (tertiary/aromatic N) is 1. The van der Waals surface area contributed by atoms with Crippen molar-refractivity contribution in [2.24, 2.45) is 5.92 Å². The van der Waals surface area contributed by atoms with Gasteiger partial charge in [0.1, 0.15) is 0 Å². The molecular formula is C22H25N3O3. The molecule has 1 saturated heterocycles. The van der Waals surface area contributed by atoms with Crippen LogP contribution in [-0.2, 0) is 9.59 Å². The Bertz CT molecular complexity index is 890. The summed E-state index contributed by atoms with van der Waals surface area (Å²) in [5.74, 6) is -0.719. The number of likely N-dealkylation sites (tertiary alicyclic amines) is 1. The summed E-state index contributed by atoms with van der Waals surface area (Å²) in [5, 5.41) is 5.69. The monoisotopic (exact) mass is 379 g/mol.